The number of fused-ring (bicyclic) bond motifs is 1. The average Bonchev–Trinajstić information content (AvgIpc) is 3.34. The fraction of sp³-hybridized carbons (Fsp3) is 0.400. The SMILES string of the molecule is c1cc(CN2CCNCC2)cc(Cc2nc3ccc(-c4cnn(CC5CC5)c4)cc3[nH]2)n1. The monoisotopic (exact) mass is 427 g/mol. The first-order valence-corrected chi connectivity index (χ1v) is 11.7. The lowest BCUT2D eigenvalue weighted by Gasteiger charge is -2.27. The summed E-state index contributed by atoms with van der Waals surface area (Å²) >= 11 is 0. The lowest BCUT2D eigenvalue weighted by Crippen LogP contribution is -2.42. The maximum absolute atomic E-state index is 4.81. The average molecular weight is 428 g/mol. The van der Waals surface area contributed by atoms with Gasteiger partial charge in [0.05, 0.1) is 17.2 Å². The number of H-pyrrole nitrogens is 1. The van der Waals surface area contributed by atoms with Gasteiger partial charge in [0, 0.05) is 69.3 Å². The van der Waals surface area contributed by atoms with Gasteiger partial charge >= 0.3 is 0 Å². The molecule has 1 aliphatic carbocycles. The van der Waals surface area contributed by atoms with Crippen LogP contribution in [0.3, 0.4) is 0 Å². The first-order chi connectivity index (χ1) is 15.8. The van der Waals surface area contributed by atoms with Gasteiger partial charge in [0.1, 0.15) is 5.82 Å². The second kappa shape index (κ2) is 8.48. The molecule has 164 valence electrons. The molecule has 0 amide bonds. The molecular weight excluding hydrogens is 398 g/mol. The molecule has 1 saturated heterocycles. The third-order valence-electron chi connectivity index (χ3n) is 6.49. The van der Waals surface area contributed by atoms with Crippen molar-refractivity contribution in [2.24, 2.45) is 5.92 Å². The van der Waals surface area contributed by atoms with Crippen molar-refractivity contribution in [1.29, 1.82) is 0 Å². The maximum atomic E-state index is 4.81. The Morgan fingerprint density at radius 3 is 2.81 bits per heavy atom. The summed E-state index contributed by atoms with van der Waals surface area (Å²) in [5, 5.41) is 7.95. The normalized spacial score (nSPS) is 17.2. The topological polar surface area (TPSA) is 74.7 Å². The number of benzene rings is 1. The highest BCUT2D eigenvalue weighted by molar-refractivity contribution is 5.81. The summed E-state index contributed by atoms with van der Waals surface area (Å²) in [4.78, 5) is 15.4. The van der Waals surface area contributed by atoms with Gasteiger partial charge in [0.25, 0.3) is 0 Å². The van der Waals surface area contributed by atoms with Crippen LogP contribution in [-0.4, -0.2) is 55.8 Å². The number of aromatic amines is 1. The molecule has 1 aliphatic heterocycles. The fourth-order valence-corrected chi connectivity index (χ4v) is 4.53. The van der Waals surface area contributed by atoms with E-state index in [9.17, 15) is 0 Å². The zero-order chi connectivity index (χ0) is 21.3. The summed E-state index contributed by atoms with van der Waals surface area (Å²) in [5.41, 5.74) is 6.75. The molecule has 0 radical (unpaired) electrons. The van der Waals surface area contributed by atoms with E-state index in [4.69, 9.17) is 4.98 Å². The molecule has 0 spiro atoms. The number of hydrogen-bond acceptors (Lipinski definition) is 5. The van der Waals surface area contributed by atoms with E-state index >= 15 is 0 Å². The third kappa shape index (κ3) is 4.45. The number of nitrogens with zero attached hydrogens (tertiary/aromatic N) is 5. The number of aromatic nitrogens is 5. The molecule has 3 aromatic heterocycles. The van der Waals surface area contributed by atoms with Gasteiger partial charge in [-0.1, -0.05) is 6.07 Å². The van der Waals surface area contributed by atoms with Gasteiger partial charge in [-0.2, -0.15) is 5.10 Å². The Labute approximate surface area is 187 Å². The molecule has 2 fully saturated rings. The highest BCUT2D eigenvalue weighted by Gasteiger charge is 2.22. The second-order valence-corrected chi connectivity index (χ2v) is 9.17. The molecule has 7 nitrogen and oxygen atoms in total. The molecule has 1 aromatic carbocycles. The van der Waals surface area contributed by atoms with Crippen LogP contribution >= 0.6 is 0 Å². The fourth-order valence-electron chi connectivity index (χ4n) is 4.53. The zero-order valence-corrected chi connectivity index (χ0v) is 18.3. The van der Waals surface area contributed by atoms with E-state index in [1.54, 1.807) is 0 Å². The summed E-state index contributed by atoms with van der Waals surface area (Å²) in [6.07, 6.45) is 9.43. The number of rotatable bonds is 7. The van der Waals surface area contributed by atoms with Crippen LogP contribution in [0, 0.1) is 5.92 Å². The molecule has 1 saturated carbocycles. The smallest absolute Gasteiger partial charge is 0.113 e. The van der Waals surface area contributed by atoms with Crippen molar-refractivity contribution in [1.82, 2.24) is 34.9 Å². The Morgan fingerprint density at radius 2 is 1.94 bits per heavy atom. The van der Waals surface area contributed by atoms with Crippen LogP contribution in [0.5, 0.6) is 0 Å². The number of pyridine rings is 1. The molecule has 4 aromatic rings. The molecule has 4 heterocycles. The van der Waals surface area contributed by atoms with Crippen LogP contribution in [0.2, 0.25) is 0 Å². The first kappa shape index (κ1) is 19.6. The van der Waals surface area contributed by atoms with Crippen molar-refractivity contribution in [2.45, 2.75) is 32.4 Å². The summed E-state index contributed by atoms with van der Waals surface area (Å²) in [7, 11) is 0. The Morgan fingerprint density at radius 1 is 1.03 bits per heavy atom. The first-order valence-electron chi connectivity index (χ1n) is 11.7. The summed E-state index contributed by atoms with van der Waals surface area (Å²) < 4.78 is 2.08. The molecule has 2 N–H and O–H groups in total. The number of hydrogen-bond donors (Lipinski definition) is 2. The Balaban J connectivity index is 1.17. The zero-order valence-electron chi connectivity index (χ0n) is 18.3. The van der Waals surface area contributed by atoms with Crippen molar-refractivity contribution >= 4 is 11.0 Å². The molecule has 2 aliphatic rings. The van der Waals surface area contributed by atoms with Crippen LogP contribution < -0.4 is 5.32 Å². The van der Waals surface area contributed by atoms with E-state index in [1.807, 2.05) is 12.4 Å². The second-order valence-electron chi connectivity index (χ2n) is 9.17. The van der Waals surface area contributed by atoms with E-state index in [0.29, 0.717) is 6.42 Å². The molecule has 7 heteroatoms. The van der Waals surface area contributed by atoms with Crippen LogP contribution in [0.15, 0.2) is 48.9 Å². The number of imidazole rings is 1. The van der Waals surface area contributed by atoms with E-state index in [1.165, 1.54) is 24.0 Å². The highest BCUT2D eigenvalue weighted by Crippen LogP contribution is 2.31. The van der Waals surface area contributed by atoms with Crippen molar-refractivity contribution < 1.29 is 0 Å². The van der Waals surface area contributed by atoms with E-state index in [-0.39, 0.29) is 0 Å². The van der Waals surface area contributed by atoms with Gasteiger partial charge in [0.2, 0.25) is 0 Å². The van der Waals surface area contributed by atoms with Crippen molar-refractivity contribution in [3.63, 3.8) is 0 Å². The van der Waals surface area contributed by atoms with E-state index < -0.39 is 0 Å². The van der Waals surface area contributed by atoms with E-state index in [0.717, 1.165) is 73.3 Å². The standard InChI is InChI=1S/C25H29N7/c1-2-18(1)16-32-17-21(14-28-32)20-3-4-23-24(12-20)30-25(29-23)13-22-11-19(5-6-27-22)15-31-9-7-26-8-10-31/h3-6,11-12,14,17-18,26H,1-2,7-10,13,15-16H2,(H,29,30). The van der Waals surface area contributed by atoms with Gasteiger partial charge in [-0.15, -0.1) is 0 Å². The van der Waals surface area contributed by atoms with E-state index in [2.05, 4.69) is 66.5 Å². The van der Waals surface area contributed by atoms with Crippen molar-refractivity contribution in [3.8, 4) is 11.1 Å². The van der Waals surface area contributed by atoms with Crippen LogP contribution in [0.1, 0.15) is 29.9 Å². The van der Waals surface area contributed by atoms with Crippen molar-refractivity contribution in [3.05, 3.63) is 66.0 Å². The lowest BCUT2D eigenvalue weighted by molar-refractivity contribution is 0.233. The third-order valence-corrected chi connectivity index (χ3v) is 6.49. The minimum Gasteiger partial charge on any atom is -0.342 e. The predicted molar refractivity (Wildman–Crippen MR) is 125 cm³/mol. The Bertz CT molecular complexity index is 1210. The van der Waals surface area contributed by atoms with Gasteiger partial charge in [0.15, 0.2) is 0 Å². The Hall–Kier alpha value is -3.03. The van der Waals surface area contributed by atoms with Crippen LogP contribution in [0.4, 0.5) is 0 Å². The summed E-state index contributed by atoms with van der Waals surface area (Å²) in [6, 6.07) is 10.8. The summed E-state index contributed by atoms with van der Waals surface area (Å²) in [5.74, 6) is 1.78. The predicted octanol–water partition coefficient (Wildman–Crippen LogP) is 3.23. The number of nitrogens with one attached hydrogen (secondary N) is 2. The minimum atomic E-state index is 0.707. The van der Waals surface area contributed by atoms with Gasteiger partial charge in [-0.05, 0) is 54.2 Å². The lowest BCUT2D eigenvalue weighted by atomic mass is 10.1. The molecule has 32 heavy (non-hydrogen) atoms. The quantitative estimate of drug-likeness (QED) is 0.474. The maximum Gasteiger partial charge on any atom is 0.113 e. The summed E-state index contributed by atoms with van der Waals surface area (Å²) in [6.45, 7) is 6.36. The molecule has 0 bridgehead atoms. The van der Waals surface area contributed by atoms with Gasteiger partial charge < -0.3 is 10.3 Å². The molecule has 6 rings (SSSR count). The molecule has 0 atom stereocenters. The van der Waals surface area contributed by atoms with Gasteiger partial charge in [-0.25, -0.2) is 4.98 Å². The number of piperazine rings is 1. The highest BCUT2D eigenvalue weighted by atomic mass is 15.3. The largest absolute Gasteiger partial charge is 0.342 e. The molecule has 0 unspecified atom stereocenters. The Kier molecular flexibility index (Phi) is 5.21. The minimum absolute atomic E-state index is 0.707. The van der Waals surface area contributed by atoms with Crippen LogP contribution in [0.25, 0.3) is 22.2 Å². The van der Waals surface area contributed by atoms with Gasteiger partial charge in [-0.3, -0.25) is 14.6 Å². The molecular formula is C25H29N7. The van der Waals surface area contributed by atoms with Crippen molar-refractivity contribution in [2.75, 3.05) is 26.2 Å². The van der Waals surface area contributed by atoms with Crippen LogP contribution in [-0.2, 0) is 19.5 Å².